The van der Waals surface area contributed by atoms with Gasteiger partial charge in [0.2, 0.25) is 0 Å². The van der Waals surface area contributed by atoms with E-state index in [-0.39, 0.29) is 23.1 Å². The maximum Gasteiger partial charge on any atom is 0.262 e. The van der Waals surface area contributed by atoms with Gasteiger partial charge in [-0.3, -0.25) is 9.59 Å². The van der Waals surface area contributed by atoms with E-state index in [0.29, 0.717) is 29.8 Å². The molecule has 30 heavy (non-hydrogen) atoms. The Morgan fingerprint density at radius 1 is 1.27 bits per heavy atom. The highest BCUT2D eigenvalue weighted by atomic mass is 32.1. The zero-order chi connectivity index (χ0) is 21.1. The number of nitrogens with zero attached hydrogens (tertiary/aromatic N) is 2. The minimum absolute atomic E-state index is 0.0129. The smallest absolute Gasteiger partial charge is 0.262 e. The second-order valence-electron chi connectivity index (χ2n) is 8.38. The van der Waals surface area contributed by atoms with Crippen LogP contribution in [0.25, 0.3) is 0 Å². The maximum absolute atomic E-state index is 12.8. The number of likely N-dealkylation sites (tertiary alicyclic amines) is 1. The lowest BCUT2D eigenvalue weighted by Crippen LogP contribution is -2.40. The van der Waals surface area contributed by atoms with Gasteiger partial charge in [-0.25, -0.2) is 4.98 Å². The molecule has 2 fully saturated rings. The number of piperidine rings is 1. The predicted molar refractivity (Wildman–Crippen MR) is 120 cm³/mol. The molecule has 8 heteroatoms. The van der Waals surface area contributed by atoms with Crippen LogP contribution in [0.5, 0.6) is 0 Å². The molecule has 2 aliphatic rings. The zero-order valence-corrected chi connectivity index (χ0v) is 18.2. The maximum atomic E-state index is 12.8. The number of thiophene rings is 1. The van der Waals surface area contributed by atoms with E-state index in [2.05, 4.69) is 10.3 Å². The molecule has 7 nitrogen and oxygen atoms in total. The van der Waals surface area contributed by atoms with Crippen molar-refractivity contribution in [2.75, 3.05) is 18.4 Å². The number of carbonyl (C=O) groups excluding carboxylic acids is 1. The Morgan fingerprint density at radius 3 is 2.77 bits per heavy atom. The monoisotopic (exact) mass is 427 g/mol. The Bertz CT molecular complexity index is 962. The number of H-pyrrole nitrogens is 1. The quantitative estimate of drug-likeness (QED) is 0.628. The van der Waals surface area contributed by atoms with Crippen molar-refractivity contribution in [3.63, 3.8) is 0 Å². The summed E-state index contributed by atoms with van der Waals surface area (Å²) < 4.78 is 0. The molecule has 1 amide bonds. The molecule has 2 aromatic heterocycles. The first kappa shape index (κ1) is 20.8. The summed E-state index contributed by atoms with van der Waals surface area (Å²) in [6.07, 6.45) is 7.48. The van der Waals surface area contributed by atoms with E-state index in [1.807, 2.05) is 21.7 Å². The van der Waals surface area contributed by atoms with Crippen molar-refractivity contribution in [3.8, 4) is 0 Å². The van der Waals surface area contributed by atoms with Gasteiger partial charge in [0.15, 0.2) is 0 Å². The summed E-state index contributed by atoms with van der Waals surface area (Å²) in [5.74, 6) is 1.16. The molecule has 2 aromatic rings. The van der Waals surface area contributed by atoms with E-state index >= 15 is 0 Å². The molecule has 1 unspecified atom stereocenters. The molecule has 160 valence electrons. The summed E-state index contributed by atoms with van der Waals surface area (Å²) in [5, 5.41) is 15.3. The van der Waals surface area contributed by atoms with E-state index in [0.717, 1.165) is 37.8 Å². The summed E-state index contributed by atoms with van der Waals surface area (Å²) >= 11 is 1.52. The lowest BCUT2D eigenvalue weighted by Gasteiger charge is -2.32. The first-order chi connectivity index (χ1) is 14.5. The molecule has 0 bridgehead atoms. The van der Waals surface area contributed by atoms with E-state index in [9.17, 15) is 9.59 Å². The summed E-state index contributed by atoms with van der Waals surface area (Å²) in [4.78, 5) is 35.2. The third-order valence-corrected chi connectivity index (χ3v) is 6.81. The molecule has 0 radical (unpaired) electrons. The minimum atomic E-state index is -0.271. The van der Waals surface area contributed by atoms with Crippen LogP contribution < -0.4 is 10.9 Å². The average Bonchev–Trinajstić information content (AvgIpc) is 3.28. The van der Waals surface area contributed by atoms with Crippen LogP contribution in [-0.2, 0) is 0 Å². The molecule has 1 aliphatic carbocycles. The number of anilines is 1. The van der Waals surface area contributed by atoms with Gasteiger partial charge in [0.25, 0.3) is 11.5 Å². The number of aromatic amines is 1. The van der Waals surface area contributed by atoms with E-state index in [1.54, 1.807) is 6.92 Å². The highest BCUT2D eigenvalue weighted by Gasteiger charge is 2.28. The molecule has 0 aromatic carbocycles. The van der Waals surface area contributed by atoms with Crippen molar-refractivity contribution < 1.29 is 4.79 Å². The molecule has 1 atom stereocenters. The van der Waals surface area contributed by atoms with Crippen LogP contribution in [0.4, 0.5) is 5.82 Å². The number of aromatic nitrogens is 2. The van der Waals surface area contributed by atoms with E-state index in [4.69, 9.17) is 10.4 Å². The third kappa shape index (κ3) is 4.48. The van der Waals surface area contributed by atoms with Gasteiger partial charge in [-0.1, -0.05) is 19.3 Å². The van der Waals surface area contributed by atoms with Crippen molar-refractivity contribution in [1.82, 2.24) is 14.9 Å². The Labute approximate surface area is 180 Å². The van der Waals surface area contributed by atoms with Gasteiger partial charge in [0, 0.05) is 36.1 Å². The van der Waals surface area contributed by atoms with E-state index < -0.39 is 0 Å². The highest BCUT2D eigenvalue weighted by Crippen LogP contribution is 2.28. The first-order valence-electron chi connectivity index (χ1n) is 10.8. The van der Waals surface area contributed by atoms with Crippen LogP contribution >= 0.6 is 11.3 Å². The fraction of sp³-hybridized carbons (Fsp3) is 0.545. The highest BCUT2D eigenvalue weighted by molar-refractivity contribution is 7.08. The number of rotatable bonds is 5. The van der Waals surface area contributed by atoms with Gasteiger partial charge in [-0.05, 0) is 44.1 Å². The molecule has 4 rings (SSSR count). The second kappa shape index (κ2) is 9.12. The number of carbonyl (C=O) groups is 1. The molecule has 3 heterocycles. The summed E-state index contributed by atoms with van der Waals surface area (Å²) in [6.45, 7) is 2.89. The Morgan fingerprint density at radius 2 is 2.07 bits per heavy atom. The number of amides is 1. The predicted octanol–water partition coefficient (Wildman–Crippen LogP) is 3.98. The van der Waals surface area contributed by atoms with Crippen LogP contribution in [0.1, 0.15) is 79.5 Å². The van der Waals surface area contributed by atoms with Gasteiger partial charge in [0.05, 0.1) is 5.56 Å². The van der Waals surface area contributed by atoms with Crippen LogP contribution in [0.3, 0.4) is 0 Å². The average molecular weight is 428 g/mol. The largest absolute Gasteiger partial charge is 0.367 e. The topological polar surface area (TPSA) is 102 Å². The Hall–Kier alpha value is -2.48. The number of nitrogens with one attached hydrogen (secondary N) is 3. The number of hydrogen-bond acceptors (Lipinski definition) is 6. The lowest BCUT2D eigenvalue weighted by molar-refractivity contribution is 0.0705. The second-order valence-corrected chi connectivity index (χ2v) is 9.16. The fourth-order valence-corrected chi connectivity index (χ4v) is 5.16. The summed E-state index contributed by atoms with van der Waals surface area (Å²) in [5.41, 5.74) is 0.987. The van der Waals surface area contributed by atoms with Crippen molar-refractivity contribution in [2.45, 2.75) is 63.8 Å². The van der Waals surface area contributed by atoms with E-state index in [1.165, 1.54) is 30.6 Å². The van der Waals surface area contributed by atoms with Crippen molar-refractivity contribution >= 4 is 28.8 Å². The molecule has 1 saturated heterocycles. The van der Waals surface area contributed by atoms with Crippen LogP contribution in [0.15, 0.2) is 21.6 Å². The molecule has 0 spiro atoms. The van der Waals surface area contributed by atoms with Gasteiger partial charge in [0.1, 0.15) is 17.2 Å². The SMILES string of the molecule is CC(=N)c1c(NC2CCCCC2)nc(C2CCCN(C(=O)c3ccsc3)C2)[nH]c1=O. The standard InChI is InChI=1S/C22H29N5O2S/c1-14(23)18-20(24-17-7-3-2-4-8-17)25-19(26-21(18)28)15-6-5-10-27(12-15)22(29)16-9-11-30-13-16/h9,11,13,15,17,23H,2-8,10,12H2,1H3,(H2,24,25,26,28). The van der Waals surface area contributed by atoms with Crippen LogP contribution in [0.2, 0.25) is 0 Å². The summed E-state index contributed by atoms with van der Waals surface area (Å²) in [6, 6.07) is 2.15. The molecule has 3 N–H and O–H groups in total. The third-order valence-electron chi connectivity index (χ3n) is 6.12. The van der Waals surface area contributed by atoms with Crippen LogP contribution in [-0.4, -0.2) is 45.6 Å². The Balaban J connectivity index is 1.59. The van der Waals surface area contributed by atoms with Gasteiger partial charge >= 0.3 is 0 Å². The molecular formula is C22H29N5O2S. The van der Waals surface area contributed by atoms with Crippen molar-refractivity contribution in [2.24, 2.45) is 0 Å². The molecule has 1 aliphatic heterocycles. The fourth-order valence-electron chi connectivity index (χ4n) is 4.53. The minimum Gasteiger partial charge on any atom is -0.367 e. The summed E-state index contributed by atoms with van der Waals surface area (Å²) in [7, 11) is 0. The lowest BCUT2D eigenvalue weighted by atomic mass is 9.95. The molecule has 1 saturated carbocycles. The first-order valence-corrected chi connectivity index (χ1v) is 11.7. The van der Waals surface area contributed by atoms with Gasteiger partial charge < -0.3 is 20.6 Å². The normalized spacial score (nSPS) is 20.2. The Kier molecular flexibility index (Phi) is 6.32. The van der Waals surface area contributed by atoms with Crippen molar-refractivity contribution in [3.05, 3.63) is 44.1 Å². The van der Waals surface area contributed by atoms with Crippen LogP contribution in [0, 0.1) is 5.41 Å². The molecular weight excluding hydrogens is 398 g/mol. The number of hydrogen-bond donors (Lipinski definition) is 3. The zero-order valence-electron chi connectivity index (χ0n) is 17.4. The van der Waals surface area contributed by atoms with Gasteiger partial charge in [-0.15, -0.1) is 0 Å². The van der Waals surface area contributed by atoms with Gasteiger partial charge in [-0.2, -0.15) is 11.3 Å². The van der Waals surface area contributed by atoms with Crippen molar-refractivity contribution in [1.29, 1.82) is 5.41 Å².